The van der Waals surface area contributed by atoms with Crippen LogP contribution in [0.3, 0.4) is 0 Å². The van der Waals surface area contributed by atoms with Crippen molar-refractivity contribution in [3.8, 4) is 5.75 Å². The normalized spacial score (nSPS) is 14.0. The molecule has 2 heterocycles. The highest BCUT2D eigenvalue weighted by Crippen LogP contribution is 2.37. The number of para-hydroxylation sites is 2. The summed E-state index contributed by atoms with van der Waals surface area (Å²) in [6.45, 7) is 3.63. The van der Waals surface area contributed by atoms with Crippen molar-refractivity contribution in [2.45, 2.75) is 13.3 Å². The van der Waals surface area contributed by atoms with Gasteiger partial charge in [-0.3, -0.25) is 0 Å². The Morgan fingerprint density at radius 3 is 3.19 bits per heavy atom. The Hall–Kier alpha value is -2.08. The molecule has 0 fully saturated rings. The Balaban J connectivity index is 1.91. The van der Waals surface area contributed by atoms with Crippen LogP contribution in [0.1, 0.15) is 23.8 Å². The van der Waals surface area contributed by atoms with Crippen LogP contribution in [0, 0.1) is 0 Å². The molecule has 0 N–H and O–H groups in total. The standard InChI is InChI=1S/C15H16N2O3S/c1-2-19-14(18)11-10-21-15(16-11)17-8-5-9-20-13-7-4-3-6-12(13)17/h3-4,6-7,10H,2,5,8-9H2,1H3. The zero-order valence-electron chi connectivity index (χ0n) is 11.7. The van der Waals surface area contributed by atoms with Gasteiger partial charge in [0, 0.05) is 11.9 Å². The van der Waals surface area contributed by atoms with Crippen molar-refractivity contribution in [2.75, 3.05) is 24.7 Å². The molecule has 0 amide bonds. The number of benzene rings is 1. The first-order valence-electron chi connectivity index (χ1n) is 6.91. The number of carbonyl (C=O) groups is 1. The van der Waals surface area contributed by atoms with Crippen molar-refractivity contribution in [3.63, 3.8) is 0 Å². The molecule has 110 valence electrons. The molecule has 1 aromatic carbocycles. The number of ether oxygens (including phenoxy) is 2. The topological polar surface area (TPSA) is 51.7 Å². The average molecular weight is 304 g/mol. The minimum atomic E-state index is -0.376. The molecular formula is C15H16N2O3S. The van der Waals surface area contributed by atoms with Crippen LogP contribution in [0.25, 0.3) is 0 Å². The molecule has 21 heavy (non-hydrogen) atoms. The summed E-state index contributed by atoms with van der Waals surface area (Å²) in [6, 6.07) is 7.88. The molecular weight excluding hydrogens is 288 g/mol. The SMILES string of the molecule is CCOC(=O)c1csc(N2CCCOc3ccccc32)n1. The summed E-state index contributed by atoms with van der Waals surface area (Å²) in [5, 5.41) is 2.53. The van der Waals surface area contributed by atoms with Crippen LogP contribution < -0.4 is 9.64 Å². The molecule has 0 saturated carbocycles. The molecule has 0 spiro atoms. The Kier molecular flexibility index (Phi) is 4.06. The second-order valence-corrected chi connectivity index (χ2v) is 5.39. The van der Waals surface area contributed by atoms with Crippen LogP contribution in [0.15, 0.2) is 29.6 Å². The largest absolute Gasteiger partial charge is 0.491 e. The molecule has 0 unspecified atom stereocenters. The zero-order chi connectivity index (χ0) is 14.7. The highest BCUT2D eigenvalue weighted by molar-refractivity contribution is 7.14. The number of aromatic nitrogens is 1. The van der Waals surface area contributed by atoms with Gasteiger partial charge in [0.1, 0.15) is 5.75 Å². The van der Waals surface area contributed by atoms with E-state index in [-0.39, 0.29) is 5.97 Å². The van der Waals surface area contributed by atoms with Crippen LogP contribution in [-0.2, 0) is 4.74 Å². The maximum atomic E-state index is 11.7. The Morgan fingerprint density at radius 1 is 1.48 bits per heavy atom. The Bertz CT molecular complexity index is 641. The number of rotatable bonds is 3. The summed E-state index contributed by atoms with van der Waals surface area (Å²) in [5.41, 5.74) is 1.35. The lowest BCUT2D eigenvalue weighted by molar-refractivity contribution is 0.0520. The molecule has 0 aliphatic carbocycles. The van der Waals surface area contributed by atoms with Crippen molar-refractivity contribution in [3.05, 3.63) is 35.3 Å². The van der Waals surface area contributed by atoms with Crippen LogP contribution in [0.5, 0.6) is 5.75 Å². The average Bonchev–Trinajstić information content (AvgIpc) is 2.89. The highest BCUT2D eigenvalue weighted by Gasteiger charge is 2.21. The third-order valence-corrected chi connectivity index (χ3v) is 4.01. The lowest BCUT2D eigenvalue weighted by Gasteiger charge is -2.20. The number of hydrogen-bond donors (Lipinski definition) is 0. The summed E-state index contributed by atoms with van der Waals surface area (Å²) in [4.78, 5) is 18.2. The van der Waals surface area contributed by atoms with E-state index in [2.05, 4.69) is 9.88 Å². The predicted molar refractivity (Wildman–Crippen MR) is 81.6 cm³/mol. The van der Waals surface area contributed by atoms with Crippen molar-refractivity contribution in [2.24, 2.45) is 0 Å². The van der Waals surface area contributed by atoms with E-state index in [1.165, 1.54) is 11.3 Å². The molecule has 5 nitrogen and oxygen atoms in total. The highest BCUT2D eigenvalue weighted by atomic mass is 32.1. The third kappa shape index (κ3) is 2.85. The summed E-state index contributed by atoms with van der Waals surface area (Å²) < 4.78 is 10.7. The minimum Gasteiger partial charge on any atom is -0.491 e. The van der Waals surface area contributed by atoms with E-state index in [9.17, 15) is 4.79 Å². The monoisotopic (exact) mass is 304 g/mol. The van der Waals surface area contributed by atoms with E-state index in [0.717, 1.165) is 29.5 Å². The van der Waals surface area contributed by atoms with Crippen LogP contribution in [0.2, 0.25) is 0 Å². The smallest absolute Gasteiger partial charge is 0.357 e. The molecule has 3 rings (SSSR count). The van der Waals surface area contributed by atoms with Gasteiger partial charge in [-0.15, -0.1) is 11.3 Å². The number of thiazole rings is 1. The zero-order valence-corrected chi connectivity index (χ0v) is 12.6. The first kappa shape index (κ1) is 13.9. The van der Waals surface area contributed by atoms with Gasteiger partial charge < -0.3 is 14.4 Å². The van der Waals surface area contributed by atoms with Gasteiger partial charge in [-0.25, -0.2) is 9.78 Å². The van der Waals surface area contributed by atoms with Gasteiger partial charge in [-0.1, -0.05) is 12.1 Å². The summed E-state index contributed by atoms with van der Waals surface area (Å²) >= 11 is 1.44. The maximum absolute atomic E-state index is 11.7. The summed E-state index contributed by atoms with van der Waals surface area (Å²) in [5.74, 6) is 0.474. The quantitative estimate of drug-likeness (QED) is 0.815. The number of carbonyl (C=O) groups excluding carboxylic acids is 1. The van der Waals surface area contributed by atoms with E-state index in [0.29, 0.717) is 18.9 Å². The lowest BCUT2D eigenvalue weighted by atomic mass is 10.2. The van der Waals surface area contributed by atoms with Gasteiger partial charge in [0.15, 0.2) is 10.8 Å². The number of hydrogen-bond acceptors (Lipinski definition) is 6. The van der Waals surface area contributed by atoms with E-state index >= 15 is 0 Å². The van der Waals surface area contributed by atoms with Gasteiger partial charge in [0.05, 0.1) is 18.9 Å². The Labute approximate surface area is 127 Å². The molecule has 0 saturated heterocycles. The predicted octanol–water partition coefficient (Wildman–Crippen LogP) is 3.24. The second-order valence-electron chi connectivity index (χ2n) is 4.56. The number of anilines is 2. The molecule has 2 aromatic rings. The second kappa shape index (κ2) is 6.13. The van der Waals surface area contributed by atoms with E-state index in [4.69, 9.17) is 9.47 Å². The summed E-state index contributed by atoms with van der Waals surface area (Å²) in [6.07, 6.45) is 0.906. The molecule has 1 aromatic heterocycles. The molecule has 1 aliphatic rings. The number of esters is 1. The molecule has 0 radical (unpaired) electrons. The molecule has 0 bridgehead atoms. The van der Waals surface area contributed by atoms with Crippen molar-refractivity contribution < 1.29 is 14.3 Å². The van der Waals surface area contributed by atoms with Gasteiger partial charge in [0.2, 0.25) is 0 Å². The first-order valence-corrected chi connectivity index (χ1v) is 7.79. The van der Waals surface area contributed by atoms with E-state index < -0.39 is 0 Å². The minimum absolute atomic E-state index is 0.353. The van der Waals surface area contributed by atoms with E-state index in [1.54, 1.807) is 12.3 Å². The van der Waals surface area contributed by atoms with Gasteiger partial charge in [-0.2, -0.15) is 0 Å². The maximum Gasteiger partial charge on any atom is 0.357 e. The fraction of sp³-hybridized carbons (Fsp3) is 0.333. The van der Waals surface area contributed by atoms with Crippen molar-refractivity contribution >= 4 is 28.1 Å². The van der Waals surface area contributed by atoms with Crippen LogP contribution in [-0.4, -0.2) is 30.7 Å². The molecule has 0 atom stereocenters. The summed E-state index contributed by atoms with van der Waals surface area (Å²) in [7, 11) is 0. The van der Waals surface area contributed by atoms with Crippen molar-refractivity contribution in [1.29, 1.82) is 0 Å². The van der Waals surface area contributed by atoms with Crippen LogP contribution >= 0.6 is 11.3 Å². The first-order chi connectivity index (χ1) is 10.3. The van der Waals surface area contributed by atoms with E-state index in [1.807, 2.05) is 24.3 Å². The fourth-order valence-electron chi connectivity index (χ4n) is 2.21. The van der Waals surface area contributed by atoms with Gasteiger partial charge in [-0.05, 0) is 25.5 Å². The van der Waals surface area contributed by atoms with Gasteiger partial charge >= 0.3 is 5.97 Å². The molecule has 6 heteroatoms. The van der Waals surface area contributed by atoms with Crippen molar-refractivity contribution in [1.82, 2.24) is 4.98 Å². The third-order valence-electron chi connectivity index (χ3n) is 3.15. The number of nitrogens with zero attached hydrogens (tertiary/aromatic N) is 2. The lowest BCUT2D eigenvalue weighted by Crippen LogP contribution is -2.17. The number of fused-ring (bicyclic) bond motifs is 1. The van der Waals surface area contributed by atoms with Gasteiger partial charge in [0.25, 0.3) is 0 Å². The van der Waals surface area contributed by atoms with Crippen LogP contribution in [0.4, 0.5) is 10.8 Å². The fourth-order valence-corrected chi connectivity index (χ4v) is 3.05. The Morgan fingerprint density at radius 2 is 2.33 bits per heavy atom. The molecule has 1 aliphatic heterocycles.